The van der Waals surface area contributed by atoms with Gasteiger partial charge in [-0.25, -0.2) is 4.98 Å². The van der Waals surface area contributed by atoms with Gasteiger partial charge in [0.15, 0.2) is 17.4 Å². The molecule has 2 aromatic heterocycles. The van der Waals surface area contributed by atoms with Crippen LogP contribution in [-0.4, -0.2) is 54.5 Å². The van der Waals surface area contributed by atoms with Gasteiger partial charge in [-0.05, 0) is 6.42 Å². The van der Waals surface area contributed by atoms with E-state index in [9.17, 15) is 19.8 Å². The van der Waals surface area contributed by atoms with Gasteiger partial charge in [0.1, 0.15) is 6.10 Å². The van der Waals surface area contributed by atoms with E-state index < -0.39 is 23.8 Å². The first-order valence-corrected chi connectivity index (χ1v) is 8.59. The number of nitrogens with zero attached hydrogens (tertiary/aromatic N) is 3. The van der Waals surface area contributed by atoms with Crippen molar-refractivity contribution in [1.82, 2.24) is 19.5 Å². The van der Waals surface area contributed by atoms with Gasteiger partial charge in [-0.1, -0.05) is 20.8 Å². The summed E-state index contributed by atoms with van der Waals surface area (Å²) in [5.41, 5.74) is -0.250. The molecular formula is C16H23N5O5. The number of hydrogen-bond acceptors (Lipinski definition) is 7. The maximum absolute atomic E-state index is 12.2. The molecule has 1 fully saturated rings. The number of nitrogens with one attached hydrogen (secondary N) is 2. The van der Waals surface area contributed by atoms with Gasteiger partial charge in [-0.15, -0.1) is 0 Å². The maximum Gasteiger partial charge on any atom is 0.280 e. The molecule has 4 N–H and O–H groups in total. The number of H-pyrrole nitrogens is 1. The van der Waals surface area contributed by atoms with Crippen molar-refractivity contribution < 1.29 is 19.7 Å². The molecule has 1 aliphatic rings. The van der Waals surface area contributed by atoms with E-state index >= 15 is 0 Å². The highest BCUT2D eigenvalue weighted by Gasteiger charge is 2.43. The van der Waals surface area contributed by atoms with Gasteiger partial charge in [0, 0.05) is 11.8 Å². The van der Waals surface area contributed by atoms with Crippen LogP contribution in [0, 0.1) is 11.8 Å². The van der Waals surface area contributed by atoms with Crippen LogP contribution < -0.4 is 10.9 Å². The molecule has 0 aliphatic carbocycles. The Labute approximate surface area is 149 Å². The lowest BCUT2D eigenvalue weighted by atomic mass is 9.97. The number of amides is 1. The van der Waals surface area contributed by atoms with Gasteiger partial charge >= 0.3 is 0 Å². The molecular weight excluding hydrogens is 342 g/mol. The number of ether oxygens (including phenoxy) is 1. The molecule has 3 rings (SSSR count). The number of aliphatic hydroxyl groups is 2. The van der Waals surface area contributed by atoms with Crippen molar-refractivity contribution >= 4 is 23.0 Å². The van der Waals surface area contributed by atoms with E-state index in [0.29, 0.717) is 6.42 Å². The Bertz CT molecular complexity index is 860. The molecule has 1 aliphatic heterocycles. The Morgan fingerprint density at radius 2 is 2.23 bits per heavy atom. The van der Waals surface area contributed by atoms with Crippen molar-refractivity contribution in [2.24, 2.45) is 11.8 Å². The Morgan fingerprint density at radius 1 is 1.50 bits per heavy atom. The van der Waals surface area contributed by atoms with Crippen molar-refractivity contribution in [1.29, 1.82) is 0 Å². The summed E-state index contributed by atoms with van der Waals surface area (Å²) in [7, 11) is 0. The molecule has 3 heterocycles. The number of fused-ring (bicyclic) bond motifs is 1. The average Bonchev–Trinajstić information content (AvgIpc) is 3.15. The van der Waals surface area contributed by atoms with Gasteiger partial charge in [0.05, 0.1) is 19.0 Å². The van der Waals surface area contributed by atoms with Crippen molar-refractivity contribution in [3.63, 3.8) is 0 Å². The molecule has 142 valence electrons. The predicted molar refractivity (Wildman–Crippen MR) is 92.4 cm³/mol. The third-order valence-corrected chi connectivity index (χ3v) is 4.61. The maximum atomic E-state index is 12.2. The summed E-state index contributed by atoms with van der Waals surface area (Å²) >= 11 is 0. The fraction of sp³-hybridized carbons (Fsp3) is 0.625. The summed E-state index contributed by atoms with van der Waals surface area (Å²) in [5.74, 6) is -1.01. The second-order valence-electron chi connectivity index (χ2n) is 6.69. The number of carbonyl (C=O) groups is 1. The monoisotopic (exact) mass is 365 g/mol. The fourth-order valence-electron chi connectivity index (χ4n) is 3.08. The largest absolute Gasteiger partial charge is 0.396 e. The Hall–Kier alpha value is -2.30. The number of aromatic nitrogens is 4. The Morgan fingerprint density at radius 3 is 2.81 bits per heavy atom. The van der Waals surface area contributed by atoms with Crippen LogP contribution in [0.3, 0.4) is 0 Å². The van der Waals surface area contributed by atoms with Crippen LogP contribution in [-0.2, 0) is 9.53 Å². The first-order valence-electron chi connectivity index (χ1n) is 8.59. The van der Waals surface area contributed by atoms with Crippen molar-refractivity contribution in [2.75, 3.05) is 11.9 Å². The van der Waals surface area contributed by atoms with Crippen molar-refractivity contribution in [3.8, 4) is 0 Å². The summed E-state index contributed by atoms with van der Waals surface area (Å²) < 4.78 is 7.31. The highest BCUT2D eigenvalue weighted by Crippen LogP contribution is 2.36. The molecule has 1 saturated heterocycles. The SMILES string of the molecule is CCC1OC(n2cnc3c(=O)[nH]c(NC(=O)C(C)C)nc32)C(O)C1CO. The molecule has 0 radical (unpaired) electrons. The topological polar surface area (TPSA) is 142 Å². The van der Waals surface area contributed by atoms with E-state index in [1.165, 1.54) is 10.9 Å². The predicted octanol–water partition coefficient (Wildman–Crippen LogP) is -0.00910. The van der Waals surface area contributed by atoms with Crippen molar-refractivity contribution in [2.45, 2.75) is 45.6 Å². The van der Waals surface area contributed by atoms with Gasteiger partial charge in [-0.2, -0.15) is 4.98 Å². The van der Waals surface area contributed by atoms with E-state index in [1.807, 2.05) is 6.92 Å². The standard InChI is InChI=1S/C16H23N5O5/c1-4-9-8(5-22)11(23)15(26-9)21-6-17-10-12(21)18-16(20-14(10)25)19-13(24)7(2)3/h6-9,11,15,22-23H,4-5H2,1-3H3,(H2,18,19,20,24,25). The van der Waals surface area contributed by atoms with Crippen LogP contribution in [0.15, 0.2) is 11.1 Å². The second kappa shape index (κ2) is 7.14. The first kappa shape index (κ1) is 18.5. The number of rotatable bonds is 5. The number of imidazole rings is 1. The Kier molecular flexibility index (Phi) is 5.08. The first-order chi connectivity index (χ1) is 12.4. The number of aliphatic hydroxyl groups excluding tert-OH is 2. The van der Waals surface area contributed by atoms with E-state index in [-0.39, 0.29) is 41.6 Å². The smallest absolute Gasteiger partial charge is 0.280 e. The lowest BCUT2D eigenvalue weighted by Gasteiger charge is -2.17. The summed E-state index contributed by atoms with van der Waals surface area (Å²) in [4.78, 5) is 34.9. The van der Waals surface area contributed by atoms with E-state index in [0.717, 1.165) is 0 Å². The van der Waals surface area contributed by atoms with Crippen molar-refractivity contribution in [3.05, 3.63) is 16.7 Å². The third-order valence-electron chi connectivity index (χ3n) is 4.61. The highest BCUT2D eigenvalue weighted by atomic mass is 16.5. The molecule has 0 spiro atoms. The molecule has 1 amide bonds. The minimum atomic E-state index is -0.975. The van der Waals surface area contributed by atoms with Gasteiger partial charge < -0.3 is 14.9 Å². The van der Waals surface area contributed by atoms with Gasteiger partial charge in [-0.3, -0.25) is 24.5 Å². The minimum Gasteiger partial charge on any atom is -0.396 e. The fourth-order valence-corrected chi connectivity index (χ4v) is 3.08. The van der Waals surface area contributed by atoms with Gasteiger partial charge in [0.2, 0.25) is 11.9 Å². The average molecular weight is 365 g/mol. The lowest BCUT2D eigenvalue weighted by Crippen LogP contribution is -2.29. The second-order valence-corrected chi connectivity index (χ2v) is 6.69. The van der Waals surface area contributed by atoms with Crippen LogP contribution in [0.4, 0.5) is 5.95 Å². The molecule has 2 aromatic rings. The summed E-state index contributed by atoms with van der Waals surface area (Å²) in [6.07, 6.45) is -0.141. The number of carbonyl (C=O) groups excluding carboxylic acids is 1. The highest BCUT2D eigenvalue weighted by molar-refractivity contribution is 5.91. The van der Waals surface area contributed by atoms with E-state index in [2.05, 4.69) is 20.3 Å². The third kappa shape index (κ3) is 3.11. The van der Waals surface area contributed by atoms with E-state index in [4.69, 9.17) is 4.74 Å². The molecule has 10 nitrogen and oxygen atoms in total. The number of hydrogen-bond donors (Lipinski definition) is 4. The normalized spacial score (nSPS) is 25.9. The Balaban J connectivity index is 2.01. The molecule has 4 unspecified atom stereocenters. The summed E-state index contributed by atoms with van der Waals surface area (Å²) in [6, 6.07) is 0. The van der Waals surface area contributed by atoms with Gasteiger partial charge in [0.25, 0.3) is 5.56 Å². The van der Waals surface area contributed by atoms with E-state index in [1.54, 1.807) is 13.8 Å². The molecule has 0 aromatic carbocycles. The van der Waals surface area contributed by atoms with Crippen LogP contribution in [0.25, 0.3) is 11.2 Å². The molecule has 0 bridgehead atoms. The quantitative estimate of drug-likeness (QED) is 0.584. The molecule has 4 atom stereocenters. The minimum absolute atomic E-state index is 0.00110. The summed E-state index contributed by atoms with van der Waals surface area (Å²) in [6.45, 7) is 5.13. The van der Waals surface area contributed by atoms with Crippen LogP contribution >= 0.6 is 0 Å². The number of anilines is 1. The van der Waals surface area contributed by atoms with Crippen LogP contribution in [0.5, 0.6) is 0 Å². The van der Waals surface area contributed by atoms with Crippen LogP contribution in [0.1, 0.15) is 33.4 Å². The zero-order chi connectivity index (χ0) is 19.0. The number of aromatic amines is 1. The zero-order valence-corrected chi connectivity index (χ0v) is 14.8. The lowest BCUT2D eigenvalue weighted by molar-refractivity contribution is -0.118. The molecule has 26 heavy (non-hydrogen) atoms. The van der Waals surface area contributed by atoms with Crippen LogP contribution in [0.2, 0.25) is 0 Å². The summed E-state index contributed by atoms with van der Waals surface area (Å²) in [5, 5.41) is 22.6. The molecule has 10 heteroatoms. The molecule has 0 saturated carbocycles. The zero-order valence-electron chi connectivity index (χ0n) is 14.8.